The molecule has 8 heterocycles. The Morgan fingerprint density at radius 2 is 1.03 bits per heavy atom. The van der Waals surface area contributed by atoms with Crippen LogP contribution in [0.4, 0.5) is 11.6 Å². The first-order valence-corrected chi connectivity index (χ1v) is 20.1. The number of nitrogens with one attached hydrogen (secondary N) is 2. The lowest BCUT2D eigenvalue weighted by Crippen LogP contribution is -2.46. The number of oxazole rings is 2. The minimum absolute atomic E-state index is 0.250. The number of para-hydroxylation sites is 2. The number of carbonyl (C=O) groups is 1. The fourth-order valence-corrected chi connectivity index (χ4v) is 7.69. The first kappa shape index (κ1) is 40.7. The van der Waals surface area contributed by atoms with Crippen LogP contribution in [0.2, 0.25) is 0 Å². The summed E-state index contributed by atoms with van der Waals surface area (Å²) in [4.78, 5) is 44.9. The van der Waals surface area contributed by atoms with E-state index >= 15 is 0 Å². The highest BCUT2D eigenvalue weighted by Crippen LogP contribution is 2.30. The van der Waals surface area contributed by atoms with Crippen molar-refractivity contribution < 1.29 is 18.7 Å². The molecule has 0 amide bonds. The van der Waals surface area contributed by atoms with Gasteiger partial charge in [0.15, 0.2) is 11.2 Å². The number of carboxylic acid groups (broad SMARTS) is 1. The van der Waals surface area contributed by atoms with Crippen molar-refractivity contribution >= 4 is 40.3 Å². The topological polar surface area (TPSA) is 211 Å². The summed E-state index contributed by atoms with van der Waals surface area (Å²) in [5.41, 5.74) is 11.9. The average molecular weight is 825 g/mol. The minimum Gasteiger partial charge on any atom is -0.483 e. The van der Waals surface area contributed by atoms with Crippen molar-refractivity contribution in [3.8, 4) is 22.3 Å². The molecule has 61 heavy (non-hydrogen) atoms. The van der Waals surface area contributed by atoms with Gasteiger partial charge in [-0.2, -0.15) is 10.2 Å². The smallest absolute Gasteiger partial charge is 0.290 e. The van der Waals surface area contributed by atoms with Gasteiger partial charge in [0.25, 0.3) is 6.47 Å². The predicted molar refractivity (Wildman–Crippen MR) is 230 cm³/mol. The Bertz CT molecular complexity index is 2500. The van der Waals surface area contributed by atoms with Gasteiger partial charge in [-0.1, -0.05) is 24.3 Å². The second-order valence-electron chi connectivity index (χ2n) is 14.9. The number of aromatic amines is 2. The second kappa shape index (κ2) is 18.5. The Morgan fingerprint density at radius 1 is 0.623 bits per heavy atom. The van der Waals surface area contributed by atoms with Gasteiger partial charge in [-0.3, -0.25) is 24.8 Å². The van der Waals surface area contributed by atoms with Crippen molar-refractivity contribution in [3.63, 3.8) is 0 Å². The lowest BCUT2D eigenvalue weighted by Gasteiger charge is -2.35. The normalized spacial score (nSPS) is 14.8. The number of nitrogens with zero attached hydrogens (tertiary/aromatic N) is 12. The van der Waals surface area contributed by atoms with Crippen LogP contribution in [-0.4, -0.2) is 124 Å². The first-order valence-electron chi connectivity index (χ1n) is 20.1. The molecule has 0 atom stereocenters. The molecule has 0 unspecified atom stereocenters. The number of benzene rings is 2. The predicted octanol–water partition coefficient (Wildman–Crippen LogP) is 5.59. The van der Waals surface area contributed by atoms with Gasteiger partial charge in [0.2, 0.25) is 11.8 Å². The van der Waals surface area contributed by atoms with E-state index in [2.05, 4.69) is 73.8 Å². The van der Waals surface area contributed by atoms with Crippen LogP contribution < -0.4 is 9.80 Å². The van der Waals surface area contributed by atoms with Gasteiger partial charge in [0.05, 0.1) is 25.5 Å². The number of anilines is 2. The first-order chi connectivity index (χ1) is 29.8. The molecular weight excluding hydrogens is 777 g/mol. The van der Waals surface area contributed by atoms with Gasteiger partial charge in [0, 0.05) is 110 Å². The molecule has 2 saturated heterocycles. The Balaban J connectivity index is 0.000000158. The maximum Gasteiger partial charge on any atom is 0.290 e. The molecule has 8 aromatic rings. The maximum atomic E-state index is 8.36. The number of aryl methyl sites for hydroxylation is 2. The van der Waals surface area contributed by atoms with E-state index in [1.807, 2.05) is 62.6 Å². The van der Waals surface area contributed by atoms with E-state index in [0.717, 1.165) is 143 Å². The number of hydrogen-bond acceptors (Lipinski definition) is 15. The van der Waals surface area contributed by atoms with Crippen molar-refractivity contribution in [2.45, 2.75) is 40.8 Å². The van der Waals surface area contributed by atoms with Crippen LogP contribution in [0.25, 0.3) is 44.5 Å². The second-order valence-corrected chi connectivity index (χ2v) is 14.9. The Labute approximate surface area is 351 Å². The van der Waals surface area contributed by atoms with E-state index in [1.54, 1.807) is 25.0 Å². The molecule has 2 aliphatic heterocycles. The number of hydrogen-bond donors (Lipinski definition) is 3. The molecule has 10 rings (SSSR count). The minimum atomic E-state index is -0.250. The van der Waals surface area contributed by atoms with Crippen molar-refractivity contribution in [1.82, 2.24) is 60.1 Å². The molecule has 18 nitrogen and oxygen atoms in total. The van der Waals surface area contributed by atoms with Crippen LogP contribution in [0.3, 0.4) is 0 Å². The van der Waals surface area contributed by atoms with Crippen LogP contribution in [0.5, 0.6) is 0 Å². The summed E-state index contributed by atoms with van der Waals surface area (Å²) in [5, 5.41) is 20.7. The van der Waals surface area contributed by atoms with Gasteiger partial charge in [-0.15, -0.1) is 0 Å². The Morgan fingerprint density at radius 3 is 1.41 bits per heavy atom. The molecule has 314 valence electrons. The van der Waals surface area contributed by atoms with E-state index in [0.29, 0.717) is 13.1 Å². The van der Waals surface area contributed by atoms with Gasteiger partial charge < -0.3 is 23.7 Å². The number of aromatic nitrogens is 10. The van der Waals surface area contributed by atoms with Gasteiger partial charge in [-0.05, 0) is 39.8 Å². The number of H-pyrrole nitrogens is 2. The number of piperazine rings is 2. The fraction of sp³-hybridized carbons (Fsp3) is 0.326. The third-order valence-electron chi connectivity index (χ3n) is 11.2. The molecule has 2 aromatic carbocycles. The molecule has 0 bridgehead atoms. The molecular formula is C43H48N14O4. The Hall–Kier alpha value is -7.05. The summed E-state index contributed by atoms with van der Waals surface area (Å²) < 4.78 is 12.1. The highest BCUT2D eigenvalue weighted by Gasteiger charge is 2.24. The van der Waals surface area contributed by atoms with Gasteiger partial charge >= 0.3 is 0 Å². The van der Waals surface area contributed by atoms with Crippen LogP contribution in [0.1, 0.15) is 34.3 Å². The molecule has 0 spiro atoms. The summed E-state index contributed by atoms with van der Waals surface area (Å²) >= 11 is 0. The summed E-state index contributed by atoms with van der Waals surface area (Å²) in [6.45, 7) is 16.9. The maximum absolute atomic E-state index is 8.36. The SMILES string of the molecule is Cc1ncnc(N2CCN(Cc3nc4c(-c5cn[nH]c5)cccc4o3)CC2)c1C.Cc1ncnc(N2CCN(Cc3nc4c(-c5cn[nH]c5)cccc4o3)CC2)c1C.O=CO. The van der Waals surface area contributed by atoms with Crippen molar-refractivity contribution in [2.24, 2.45) is 0 Å². The zero-order chi connectivity index (χ0) is 42.3. The monoisotopic (exact) mass is 824 g/mol. The number of fused-ring (bicyclic) bond motifs is 2. The molecule has 0 saturated carbocycles. The van der Waals surface area contributed by atoms with E-state index in [-0.39, 0.29) is 6.47 Å². The molecule has 0 radical (unpaired) electrons. The van der Waals surface area contributed by atoms with Crippen molar-refractivity contribution in [1.29, 1.82) is 0 Å². The quantitative estimate of drug-likeness (QED) is 0.159. The van der Waals surface area contributed by atoms with E-state index in [4.69, 9.17) is 28.7 Å². The summed E-state index contributed by atoms with van der Waals surface area (Å²) in [7, 11) is 0. The lowest BCUT2D eigenvalue weighted by molar-refractivity contribution is -0.122. The largest absolute Gasteiger partial charge is 0.483 e. The molecule has 0 aliphatic carbocycles. The summed E-state index contributed by atoms with van der Waals surface area (Å²) in [5.74, 6) is 3.59. The van der Waals surface area contributed by atoms with Crippen molar-refractivity contribution in [2.75, 3.05) is 62.2 Å². The van der Waals surface area contributed by atoms with Crippen LogP contribution in [0.15, 0.2) is 82.7 Å². The van der Waals surface area contributed by atoms with Crippen molar-refractivity contribution in [3.05, 3.63) is 108 Å². The van der Waals surface area contributed by atoms with Gasteiger partial charge in [-0.25, -0.2) is 29.9 Å². The number of rotatable bonds is 8. The van der Waals surface area contributed by atoms with Crippen LogP contribution >= 0.6 is 0 Å². The molecule has 2 aliphatic rings. The molecule has 18 heteroatoms. The van der Waals surface area contributed by atoms with Crippen LogP contribution in [0, 0.1) is 27.7 Å². The van der Waals surface area contributed by atoms with E-state index in [1.165, 1.54) is 0 Å². The summed E-state index contributed by atoms with van der Waals surface area (Å²) in [6.07, 6.45) is 10.7. The zero-order valence-corrected chi connectivity index (χ0v) is 34.6. The van der Waals surface area contributed by atoms with E-state index in [9.17, 15) is 0 Å². The lowest BCUT2D eigenvalue weighted by atomic mass is 10.1. The third-order valence-corrected chi connectivity index (χ3v) is 11.2. The standard InChI is InChI=1S/2C21H23N7O.CH2O2/c2*1-14-15(2)22-13-23-21(14)28-8-6-27(7-9-28)12-19-26-20-17(16-10-24-25-11-16)4-3-5-18(20)29-19;2-1-3/h2*3-5,10-11,13H,6-9,12H2,1-2H3,(H,24,25);1H,(H,2,3). The van der Waals surface area contributed by atoms with Gasteiger partial charge in [0.1, 0.15) is 35.3 Å². The summed E-state index contributed by atoms with van der Waals surface area (Å²) in [6, 6.07) is 12.0. The fourth-order valence-electron chi connectivity index (χ4n) is 7.69. The molecule has 6 aromatic heterocycles. The molecule has 3 N–H and O–H groups in total. The highest BCUT2D eigenvalue weighted by molar-refractivity contribution is 5.91. The Kier molecular flexibility index (Phi) is 12.3. The molecule has 2 fully saturated rings. The van der Waals surface area contributed by atoms with E-state index < -0.39 is 0 Å². The third kappa shape index (κ3) is 9.09. The van der Waals surface area contributed by atoms with Crippen LogP contribution in [-0.2, 0) is 17.9 Å². The average Bonchev–Trinajstić information content (AvgIpc) is 4.12. The highest BCUT2D eigenvalue weighted by atomic mass is 16.4. The zero-order valence-electron chi connectivity index (χ0n) is 34.6.